The maximum atomic E-state index is 12.4. The average molecular weight is 367 g/mol. The van der Waals surface area contributed by atoms with Crippen molar-refractivity contribution < 1.29 is 33.6 Å². The topological polar surface area (TPSA) is 103 Å². The summed E-state index contributed by atoms with van der Waals surface area (Å²) in [6.07, 6.45) is 1.49. The van der Waals surface area contributed by atoms with E-state index in [1.807, 2.05) is 0 Å². The van der Waals surface area contributed by atoms with Crippen molar-refractivity contribution in [2.45, 2.75) is 25.3 Å². The number of hydrogen-bond donors (Lipinski definition) is 2. The van der Waals surface area contributed by atoms with Gasteiger partial charge in [-0.15, -0.1) is 0 Å². The molecule has 8 nitrogen and oxygen atoms in total. The van der Waals surface area contributed by atoms with E-state index in [1.165, 1.54) is 21.3 Å². The van der Waals surface area contributed by atoms with Crippen LogP contribution in [-0.2, 0) is 20.7 Å². The zero-order valence-electron chi connectivity index (χ0n) is 15.2. The Kier molecular flexibility index (Phi) is 7.08. The number of ether oxygens (including phenoxy) is 4. The number of nitrogens with one attached hydrogen (secondary N) is 1. The molecular formula is C18H25NO7. The molecular weight excluding hydrogens is 342 g/mol. The van der Waals surface area contributed by atoms with Gasteiger partial charge in [-0.3, -0.25) is 4.79 Å². The normalized spacial score (nSPS) is 17.9. The maximum absolute atomic E-state index is 12.4. The molecule has 0 bridgehead atoms. The van der Waals surface area contributed by atoms with Gasteiger partial charge >= 0.3 is 5.97 Å². The van der Waals surface area contributed by atoms with Crippen molar-refractivity contribution in [2.24, 2.45) is 5.92 Å². The number of carboxylic acid groups (broad SMARTS) is 1. The van der Waals surface area contributed by atoms with Crippen molar-refractivity contribution in [1.82, 2.24) is 5.32 Å². The van der Waals surface area contributed by atoms with Crippen LogP contribution < -0.4 is 19.5 Å². The van der Waals surface area contributed by atoms with Gasteiger partial charge in [0, 0.05) is 12.5 Å². The fraction of sp³-hybridized carbons (Fsp3) is 0.556. The van der Waals surface area contributed by atoms with Crippen molar-refractivity contribution >= 4 is 11.9 Å². The van der Waals surface area contributed by atoms with E-state index in [0.717, 1.165) is 6.42 Å². The molecule has 2 N–H and O–H groups in total. The van der Waals surface area contributed by atoms with E-state index in [-0.39, 0.29) is 12.3 Å². The van der Waals surface area contributed by atoms with Crippen molar-refractivity contribution in [1.29, 1.82) is 0 Å². The lowest BCUT2D eigenvalue weighted by Crippen LogP contribution is -2.48. The van der Waals surface area contributed by atoms with Gasteiger partial charge in [-0.25, -0.2) is 4.79 Å². The first kappa shape index (κ1) is 19.8. The van der Waals surface area contributed by atoms with E-state index in [2.05, 4.69) is 5.32 Å². The van der Waals surface area contributed by atoms with E-state index in [0.29, 0.717) is 42.4 Å². The number of aliphatic carboxylic acids is 1. The number of hydrogen-bond acceptors (Lipinski definition) is 6. The van der Waals surface area contributed by atoms with E-state index in [1.54, 1.807) is 12.1 Å². The first-order chi connectivity index (χ1) is 12.5. The van der Waals surface area contributed by atoms with Gasteiger partial charge in [-0.05, 0) is 30.5 Å². The molecule has 0 radical (unpaired) electrons. The Balaban J connectivity index is 2.11. The van der Waals surface area contributed by atoms with E-state index < -0.39 is 17.9 Å². The average Bonchev–Trinajstić information content (AvgIpc) is 2.65. The van der Waals surface area contributed by atoms with Crippen molar-refractivity contribution in [3.63, 3.8) is 0 Å². The second-order valence-electron chi connectivity index (χ2n) is 6.07. The third-order valence-electron chi connectivity index (χ3n) is 4.34. The fourth-order valence-electron chi connectivity index (χ4n) is 3.06. The Morgan fingerprint density at radius 3 is 2.35 bits per heavy atom. The second kappa shape index (κ2) is 9.28. The minimum atomic E-state index is -1.06. The number of carbonyl (C=O) groups is 2. The lowest BCUT2D eigenvalue weighted by atomic mass is 9.93. The van der Waals surface area contributed by atoms with Crippen LogP contribution in [-0.4, -0.2) is 57.6 Å². The van der Waals surface area contributed by atoms with Gasteiger partial charge in [0.2, 0.25) is 11.7 Å². The number of rotatable bonds is 8. The monoisotopic (exact) mass is 367 g/mol. The molecule has 0 saturated carbocycles. The van der Waals surface area contributed by atoms with Crippen LogP contribution in [0, 0.1) is 5.92 Å². The Morgan fingerprint density at radius 2 is 1.88 bits per heavy atom. The molecule has 8 heteroatoms. The molecule has 0 aliphatic carbocycles. The molecule has 2 unspecified atom stereocenters. The highest BCUT2D eigenvalue weighted by atomic mass is 16.5. The Hall–Kier alpha value is -2.48. The van der Waals surface area contributed by atoms with Crippen LogP contribution >= 0.6 is 0 Å². The number of amides is 1. The summed E-state index contributed by atoms with van der Waals surface area (Å²) in [5.74, 6) is -0.377. The number of methoxy groups -OCH3 is 3. The molecule has 1 aromatic carbocycles. The van der Waals surface area contributed by atoms with Gasteiger partial charge in [0.1, 0.15) is 6.04 Å². The quantitative estimate of drug-likeness (QED) is 0.713. The van der Waals surface area contributed by atoms with Crippen molar-refractivity contribution in [3.8, 4) is 17.2 Å². The largest absolute Gasteiger partial charge is 0.493 e. The molecule has 1 saturated heterocycles. The molecule has 1 aromatic rings. The predicted octanol–water partition coefficient (Wildman–Crippen LogP) is 1.25. The third-order valence-corrected chi connectivity index (χ3v) is 4.34. The second-order valence-corrected chi connectivity index (χ2v) is 6.07. The van der Waals surface area contributed by atoms with Gasteiger partial charge in [-0.1, -0.05) is 0 Å². The maximum Gasteiger partial charge on any atom is 0.326 e. The Bertz CT molecular complexity index is 615. The molecule has 1 fully saturated rings. The van der Waals surface area contributed by atoms with Crippen LogP contribution in [0.3, 0.4) is 0 Å². The SMILES string of the molecule is COc1cc(CC(=O)NC(C(=O)O)C2CCCOC2)cc(OC)c1OC. The summed E-state index contributed by atoms with van der Waals surface area (Å²) >= 11 is 0. The van der Waals surface area contributed by atoms with Crippen LogP contribution in [0.5, 0.6) is 17.2 Å². The summed E-state index contributed by atoms with van der Waals surface area (Å²) in [4.78, 5) is 23.9. The molecule has 1 aliphatic rings. The molecule has 0 spiro atoms. The molecule has 0 aromatic heterocycles. The minimum Gasteiger partial charge on any atom is -0.493 e. The number of carbonyl (C=O) groups excluding carboxylic acids is 1. The van der Waals surface area contributed by atoms with E-state index >= 15 is 0 Å². The molecule has 2 rings (SSSR count). The van der Waals surface area contributed by atoms with Crippen LogP contribution in [0.25, 0.3) is 0 Å². The third kappa shape index (κ3) is 4.78. The number of carboxylic acids is 1. The van der Waals surface area contributed by atoms with E-state index in [9.17, 15) is 14.7 Å². The zero-order chi connectivity index (χ0) is 19.1. The summed E-state index contributed by atoms with van der Waals surface area (Å²) in [5, 5.41) is 12.1. The Morgan fingerprint density at radius 1 is 1.23 bits per heavy atom. The summed E-state index contributed by atoms with van der Waals surface area (Å²) in [6.45, 7) is 0.962. The zero-order valence-corrected chi connectivity index (χ0v) is 15.2. The lowest BCUT2D eigenvalue weighted by molar-refractivity contribution is -0.145. The van der Waals surface area contributed by atoms with Crippen molar-refractivity contribution in [3.05, 3.63) is 17.7 Å². The molecule has 1 aliphatic heterocycles. The molecule has 1 heterocycles. The van der Waals surface area contributed by atoms with Crippen LogP contribution in [0.15, 0.2) is 12.1 Å². The van der Waals surface area contributed by atoms with Crippen LogP contribution in [0.4, 0.5) is 0 Å². The summed E-state index contributed by atoms with van der Waals surface area (Å²) in [6, 6.07) is 2.37. The molecule has 26 heavy (non-hydrogen) atoms. The highest BCUT2D eigenvalue weighted by Crippen LogP contribution is 2.38. The lowest BCUT2D eigenvalue weighted by Gasteiger charge is -2.28. The van der Waals surface area contributed by atoms with Gasteiger partial charge < -0.3 is 29.4 Å². The Labute approximate surface area is 152 Å². The summed E-state index contributed by atoms with van der Waals surface area (Å²) in [5.41, 5.74) is 0.626. The van der Waals surface area contributed by atoms with Crippen LogP contribution in [0.2, 0.25) is 0 Å². The number of benzene rings is 1. The predicted molar refractivity (Wildman–Crippen MR) is 92.9 cm³/mol. The highest BCUT2D eigenvalue weighted by molar-refractivity contribution is 5.85. The van der Waals surface area contributed by atoms with Crippen molar-refractivity contribution in [2.75, 3.05) is 34.5 Å². The standard InChI is InChI=1S/C18H25NO7/c1-23-13-7-11(8-14(24-2)17(13)25-3)9-15(20)19-16(18(21)22)12-5-4-6-26-10-12/h7-8,12,16H,4-6,9-10H2,1-3H3,(H,19,20)(H,21,22). The summed E-state index contributed by atoms with van der Waals surface area (Å²) in [7, 11) is 4.48. The smallest absolute Gasteiger partial charge is 0.326 e. The van der Waals surface area contributed by atoms with Gasteiger partial charge in [-0.2, -0.15) is 0 Å². The molecule has 2 atom stereocenters. The first-order valence-corrected chi connectivity index (χ1v) is 8.39. The van der Waals surface area contributed by atoms with E-state index in [4.69, 9.17) is 18.9 Å². The fourth-order valence-corrected chi connectivity index (χ4v) is 3.06. The molecule has 1 amide bonds. The molecule has 144 valence electrons. The van der Waals surface area contributed by atoms with Gasteiger partial charge in [0.05, 0.1) is 34.4 Å². The van der Waals surface area contributed by atoms with Gasteiger partial charge in [0.25, 0.3) is 0 Å². The highest BCUT2D eigenvalue weighted by Gasteiger charge is 2.31. The summed E-state index contributed by atoms with van der Waals surface area (Å²) < 4.78 is 21.1. The van der Waals surface area contributed by atoms with Gasteiger partial charge in [0.15, 0.2) is 11.5 Å². The minimum absolute atomic E-state index is 0.00588. The first-order valence-electron chi connectivity index (χ1n) is 8.39. The van der Waals surface area contributed by atoms with Crippen LogP contribution in [0.1, 0.15) is 18.4 Å².